The Balaban J connectivity index is 1.82. The minimum absolute atomic E-state index is 0.824. The highest BCUT2D eigenvalue weighted by molar-refractivity contribution is 9.11. The van der Waals surface area contributed by atoms with Gasteiger partial charge in [-0.1, -0.05) is 30.3 Å². The molecule has 4 aromatic rings. The summed E-state index contributed by atoms with van der Waals surface area (Å²) in [4.78, 5) is 4.72. The van der Waals surface area contributed by atoms with Crippen molar-refractivity contribution in [3.05, 3.63) is 62.9 Å². The monoisotopic (exact) mass is 461 g/mol. The van der Waals surface area contributed by atoms with E-state index >= 15 is 0 Å². The molecule has 2 aromatic heterocycles. The molecule has 0 saturated carbocycles. The second-order valence-corrected chi connectivity index (χ2v) is 7.97. The lowest BCUT2D eigenvalue weighted by Crippen LogP contribution is -1.83. The van der Waals surface area contributed by atoms with Crippen LogP contribution in [0.4, 0.5) is 0 Å². The number of hydrogen-bond donors (Lipinski definition) is 1. The Hall–Kier alpha value is -1.56. The molecule has 24 heavy (non-hydrogen) atoms. The van der Waals surface area contributed by atoms with E-state index in [1.54, 1.807) is 18.4 Å². The molecule has 0 saturated heterocycles. The second kappa shape index (κ2) is 6.39. The Morgan fingerprint density at radius 2 is 1.79 bits per heavy atom. The smallest absolute Gasteiger partial charge is 0.133 e. The molecular formula is C19H13Br2NOS. The summed E-state index contributed by atoms with van der Waals surface area (Å²) in [6.07, 6.45) is 0. The molecule has 0 aliphatic rings. The number of benzene rings is 2. The van der Waals surface area contributed by atoms with Crippen LogP contribution in [0.3, 0.4) is 0 Å². The van der Waals surface area contributed by atoms with Gasteiger partial charge in [0.2, 0.25) is 0 Å². The van der Waals surface area contributed by atoms with Gasteiger partial charge in [-0.15, -0.1) is 11.3 Å². The number of hydrogen-bond acceptors (Lipinski definition) is 2. The first kappa shape index (κ1) is 15.9. The molecule has 2 aromatic carbocycles. The zero-order chi connectivity index (χ0) is 16.7. The molecule has 0 spiro atoms. The maximum absolute atomic E-state index is 5.41. The number of ether oxygens (including phenoxy) is 1. The van der Waals surface area contributed by atoms with Crippen LogP contribution >= 0.6 is 43.2 Å². The van der Waals surface area contributed by atoms with E-state index in [0.29, 0.717) is 0 Å². The number of fused-ring (bicyclic) bond motifs is 1. The van der Waals surface area contributed by atoms with Crippen molar-refractivity contribution < 1.29 is 4.74 Å². The summed E-state index contributed by atoms with van der Waals surface area (Å²) in [5, 5.41) is 3.30. The van der Waals surface area contributed by atoms with Crippen LogP contribution in [0.2, 0.25) is 0 Å². The molecule has 1 N–H and O–H groups in total. The van der Waals surface area contributed by atoms with Crippen molar-refractivity contribution in [3.8, 4) is 27.4 Å². The molecule has 0 aliphatic carbocycles. The molecule has 0 atom stereocenters. The molecule has 2 heterocycles. The van der Waals surface area contributed by atoms with E-state index in [2.05, 4.69) is 72.6 Å². The van der Waals surface area contributed by atoms with Crippen molar-refractivity contribution in [1.82, 2.24) is 4.98 Å². The normalized spacial score (nSPS) is 11.1. The van der Waals surface area contributed by atoms with Crippen molar-refractivity contribution in [1.29, 1.82) is 0 Å². The highest BCUT2D eigenvalue weighted by atomic mass is 79.9. The fourth-order valence-corrected chi connectivity index (χ4v) is 4.94. The SMILES string of the molecule is COc1cc2c(Br)c(-c3cc(-c4ccccc4)cs3)[nH]c2cc1Br. The summed E-state index contributed by atoms with van der Waals surface area (Å²) >= 11 is 9.03. The first-order valence-corrected chi connectivity index (χ1v) is 9.83. The van der Waals surface area contributed by atoms with Crippen molar-refractivity contribution in [3.63, 3.8) is 0 Å². The summed E-state index contributed by atoms with van der Waals surface area (Å²) in [7, 11) is 1.68. The largest absolute Gasteiger partial charge is 0.496 e. The number of H-pyrrole nitrogens is 1. The standard InChI is InChI=1S/C19H13Br2NOS/c1-23-16-8-13-15(9-14(16)20)22-19(18(13)21)17-7-12(10-24-17)11-5-3-2-4-6-11/h2-10,22H,1H3. The van der Waals surface area contributed by atoms with Crippen LogP contribution in [0.25, 0.3) is 32.6 Å². The summed E-state index contributed by atoms with van der Waals surface area (Å²) in [6, 6.07) is 16.7. The van der Waals surface area contributed by atoms with Gasteiger partial charge in [-0.2, -0.15) is 0 Å². The Morgan fingerprint density at radius 1 is 1.00 bits per heavy atom. The van der Waals surface area contributed by atoms with Gasteiger partial charge in [0, 0.05) is 10.9 Å². The van der Waals surface area contributed by atoms with Crippen molar-refractivity contribution >= 4 is 54.1 Å². The quantitative estimate of drug-likeness (QED) is 0.345. The van der Waals surface area contributed by atoms with Crippen molar-refractivity contribution in [2.75, 3.05) is 7.11 Å². The van der Waals surface area contributed by atoms with Crippen LogP contribution in [0, 0.1) is 0 Å². The number of methoxy groups -OCH3 is 1. The Labute approximate surface area is 160 Å². The van der Waals surface area contributed by atoms with Crippen LogP contribution in [-0.2, 0) is 0 Å². The Morgan fingerprint density at radius 3 is 2.54 bits per heavy atom. The van der Waals surface area contributed by atoms with Gasteiger partial charge in [-0.05, 0) is 66.6 Å². The molecule has 0 amide bonds. The van der Waals surface area contributed by atoms with E-state index < -0.39 is 0 Å². The molecule has 0 fully saturated rings. The summed E-state index contributed by atoms with van der Waals surface area (Å²) in [5.74, 6) is 0.824. The lowest BCUT2D eigenvalue weighted by atomic mass is 10.1. The minimum Gasteiger partial charge on any atom is -0.496 e. The number of aromatic nitrogens is 1. The average molecular weight is 463 g/mol. The van der Waals surface area contributed by atoms with E-state index in [-0.39, 0.29) is 0 Å². The van der Waals surface area contributed by atoms with Crippen LogP contribution in [0.5, 0.6) is 5.75 Å². The molecule has 0 radical (unpaired) electrons. The van der Waals surface area contributed by atoms with Gasteiger partial charge in [0.05, 0.1) is 26.6 Å². The van der Waals surface area contributed by atoms with E-state index in [9.17, 15) is 0 Å². The molecule has 120 valence electrons. The first-order valence-electron chi connectivity index (χ1n) is 7.36. The van der Waals surface area contributed by atoms with Crippen molar-refractivity contribution in [2.45, 2.75) is 0 Å². The van der Waals surface area contributed by atoms with Crippen LogP contribution < -0.4 is 4.74 Å². The van der Waals surface area contributed by atoms with Crippen LogP contribution in [0.15, 0.2) is 62.9 Å². The van der Waals surface area contributed by atoms with Gasteiger partial charge in [0.25, 0.3) is 0 Å². The predicted octanol–water partition coefficient (Wildman–Crippen LogP) is 7.10. The number of aromatic amines is 1. The maximum atomic E-state index is 5.41. The van der Waals surface area contributed by atoms with Gasteiger partial charge < -0.3 is 9.72 Å². The van der Waals surface area contributed by atoms with Crippen LogP contribution in [0.1, 0.15) is 0 Å². The number of rotatable bonds is 3. The van der Waals surface area contributed by atoms with E-state index in [1.165, 1.54) is 16.0 Å². The van der Waals surface area contributed by atoms with E-state index in [4.69, 9.17) is 4.74 Å². The number of nitrogens with one attached hydrogen (secondary N) is 1. The van der Waals surface area contributed by atoms with E-state index in [1.807, 2.05) is 18.2 Å². The molecule has 5 heteroatoms. The maximum Gasteiger partial charge on any atom is 0.133 e. The van der Waals surface area contributed by atoms with Crippen molar-refractivity contribution in [2.24, 2.45) is 0 Å². The summed E-state index contributed by atoms with van der Waals surface area (Å²) in [5.41, 5.74) is 4.63. The second-order valence-electron chi connectivity index (χ2n) is 5.41. The van der Waals surface area contributed by atoms with Crippen LogP contribution in [-0.4, -0.2) is 12.1 Å². The molecule has 4 rings (SSSR count). The first-order chi connectivity index (χ1) is 11.7. The highest BCUT2D eigenvalue weighted by Gasteiger charge is 2.15. The average Bonchev–Trinajstić information content (AvgIpc) is 3.20. The lowest BCUT2D eigenvalue weighted by Gasteiger charge is -2.02. The zero-order valence-electron chi connectivity index (χ0n) is 12.8. The zero-order valence-corrected chi connectivity index (χ0v) is 16.8. The Kier molecular flexibility index (Phi) is 4.24. The third-order valence-electron chi connectivity index (χ3n) is 3.96. The lowest BCUT2D eigenvalue weighted by molar-refractivity contribution is 0.413. The molecule has 0 unspecified atom stereocenters. The predicted molar refractivity (Wildman–Crippen MR) is 109 cm³/mol. The fourth-order valence-electron chi connectivity index (χ4n) is 2.74. The van der Waals surface area contributed by atoms with Gasteiger partial charge in [-0.25, -0.2) is 0 Å². The fraction of sp³-hybridized carbons (Fsp3) is 0.0526. The van der Waals surface area contributed by atoms with E-state index in [0.717, 1.165) is 31.3 Å². The molecule has 2 nitrogen and oxygen atoms in total. The molecule has 0 bridgehead atoms. The topological polar surface area (TPSA) is 25.0 Å². The Bertz CT molecular complexity index is 1020. The summed E-state index contributed by atoms with van der Waals surface area (Å²) < 4.78 is 7.40. The summed E-state index contributed by atoms with van der Waals surface area (Å²) in [6.45, 7) is 0. The number of thiophene rings is 1. The minimum atomic E-state index is 0.824. The van der Waals surface area contributed by atoms with Gasteiger partial charge in [-0.3, -0.25) is 0 Å². The third-order valence-corrected chi connectivity index (χ3v) is 6.35. The molecule has 0 aliphatic heterocycles. The van der Waals surface area contributed by atoms with Gasteiger partial charge >= 0.3 is 0 Å². The van der Waals surface area contributed by atoms with Gasteiger partial charge in [0.15, 0.2) is 0 Å². The molecular weight excluding hydrogens is 450 g/mol. The third kappa shape index (κ3) is 2.70. The van der Waals surface area contributed by atoms with Gasteiger partial charge in [0.1, 0.15) is 5.75 Å². The number of halogens is 2. The highest BCUT2D eigenvalue weighted by Crippen LogP contribution is 2.42.